The Morgan fingerprint density at radius 1 is 1.22 bits per heavy atom. The van der Waals surface area contributed by atoms with Crippen molar-refractivity contribution in [3.63, 3.8) is 0 Å². The maximum absolute atomic E-state index is 12.9. The molecule has 0 aromatic heterocycles. The number of carboxylic acid groups (broad SMARTS) is 1. The lowest BCUT2D eigenvalue weighted by atomic mass is 10.1. The van der Waals surface area contributed by atoms with E-state index in [4.69, 9.17) is 22.1 Å². The largest absolute Gasteiger partial charge is 0.492 e. The van der Waals surface area contributed by atoms with E-state index in [0.29, 0.717) is 20.5 Å². The predicted octanol–water partition coefficient (Wildman–Crippen LogP) is 4.25. The van der Waals surface area contributed by atoms with E-state index in [1.807, 2.05) is 43.3 Å². The Morgan fingerprint density at radius 3 is 2.67 bits per heavy atom. The highest BCUT2D eigenvalue weighted by molar-refractivity contribution is 8.27. The van der Waals surface area contributed by atoms with Gasteiger partial charge in [-0.15, -0.1) is 0 Å². The van der Waals surface area contributed by atoms with E-state index in [9.17, 15) is 9.59 Å². The number of para-hydroxylation sites is 2. The van der Waals surface area contributed by atoms with Crippen LogP contribution in [0.3, 0.4) is 0 Å². The van der Waals surface area contributed by atoms with Crippen LogP contribution in [0.2, 0.25) is 0 Å². The third-order valence-corrected chi connectivity index (χ3v) is 5.23. The molecule has 0 atom stereocenters. The second kappa shape index (κ2) is 8.37. The number of rotatable bonds is 6. The van der Waals surface area contributed by atoms with Crippen molar-refractivity contribution in [3.05, 3.63) is 64.6 Å². The van der Waals surface area contributed by atoms with Crippen LogP contribution in [-0.4, -0.2) is 27.9 Å². The van der Waals surface area contributed by atoms with Crippen molar-refractivity contribution < 1.29 is 19.4 Å². The number of amides is 1. The number of aryl methyl sites for hydroxylation is 1. The zero-order valence-electron chi connectivity index (χ0n) is 14.5. The molecule has 0 aliphatic carbocycles. The molecule has 1 amide bonds. The summed E-state index contributed by atoms with van der Waals surface area (Å²) >= 11 is 6.65. The van der Waals surface area contributed by atoms with Crippen molar-refractivity contribution in [1.29, 1.82) is 0 Å². The van der Waals surface area contributed by atoms with Gasteiger partial charge in [-0.2, -0.15) is 0 Å². The summed E-state index contributed by atoms with van der Waals surface area (Å²) in [5.41, 5.74) is 2.44. The first-order chi connectivity index (χ1) is 13.0. The van der Waals surface area contributed by atoms with Crippen LogP contribution >= 0.6 is 24.0 Å². The number of benzene rings is 2. The Morgan fingerprint density at radius 2 is 1.93 bits per heavy atom. The number of hydrogen-bond donors (Lipinski definition) is 1. The number of thiocarbonyl (C=S) groups is 1. The van der Waals surface area contributed by atoms with Crippen LogP contribution in [-0.2, 0) is 9.59 Å². The Bertz CT molecular complexity index is 939. The molecule has 0 unspecified atom stereocenters. The molecule has 1 N–H and O–H groups in total. The quantitative estimate of drug-likeness (QED) is 0.578. The fourth-order valence-electron chi connectivity index (χ4n) is 2.61. The van der Waals surface area contributed by atoms with E-state index >= 15 is 0 Å². The maximum Gasteiger partial charge on any atom is 0.306 e. The van der Waals surface area contributed by atoms with Crippen LogP contribution < -0.4 is 9.64 Å². The molecule has 27 heavy (non-hydrogen) atoms. The summed E-state index contributed by atoms with van der Waals surface area (Å²) < 4.78 is 6.04. The van der Waals surface area contributed by atoms with Crippen LogP contribution in [0.1, 0.15) is 17.5 Å². The molecule has 1 heterocycles. The highest BCUT2D eigenvalue weighted by Gasteiger charge is 2.34. The fourth-order valence-corrected chi connectivity index (χ4v) is 3.89. The van der Waals surface area contributed by atoms with Crippen LogP contribution in [0.4, 0.5) is 5.69 Å². The monoisotopic (exact) mass is 399 g/mol. The van der Waals surface area contributed by atoms with Crippen LogP contribution in [0.25, 0.3) is 6.08 Å². The van der Waals surface area contributed by atoms with Crippen molar-refractivity contribution >= 4 is 51.9 Å². The van der Waals surface area contributed by atoms with Crippen LogP contribution in [0.15, 0.2) is 53.4 Å². The van der Waals surface area contributed by atoms with Crippen molar-refractivity contribution in [2.45, 2.75) is 13.3 Å². The first kappa shape index (κ1) is 19.1. The van der Waals surface area contributed by atoms with Crippen molar-refractivity contribution in [2.24, 2.45) is 0 Å². The zero-order valence-corrected chi connectivity index (χ0v) is 16.2. The molecule has 0 spiro atoms. The summed E-state index contributed by atoms with van der Waals surface area (Å²) in [5.74, 6) is -0.578. The normalized spacial score (nSPS) is 15.4. The number of hydrogen-bond acceptors (Lipinski definition) is 5. The van der Waals surface area contributed by atoms with Gasteiger partial charge in [0.15, 0.2) is 4.32 Å². The minimum absolute atomic E-state index is 0.0599. The number of ether oxygens (including phenoxy) is 1. The Labute approximate surface area is 166 Å². The van der Waals surface area contributed by atoms with Gasteiger partial charge < -0.3 is 9.84 Å². The van der Waals surface area contributed by atoms with Gasteiger partial charge in [0.1, 0.15) is 5.75 Å². The molecule has 1 aliphatic heterocycles. The first-order valence-electron chi connectivity index (χ1n) is 8.24. The molecule has 0 bridgehead atoms. The van der Waals surface area contributed by atoms with Gasteiger partial charge in [0.05, 0.1) is 23.6 Å². The minimum atomic E-state index is -0.924. The molecule has 0 saturated carbocycles. The highest BCUT2D eigenvalue weighted by atomic mass is 32.2. The van der Waals surface area contributed by atoms with Gasteiger partial charge in [-0.1, -0.05) is 60.4 Å². The number of carboxylic acids is 1. The molecule has 138 valence electrons. The summed E-state index contributed by atoms with van der Waals surface area (Å²) in [6.07, 6.45) is 1.64. The van der Waals surface area contributed by atoms with Crippen LogP contribution in [0, 0.1) is 6.92 Å². The summed E-state index contributed by atoms with van der Waals surface area (Å²) in [7, 11) is 0. The average Bonchev–Trinajstić information content (AvgIpc) is 2.90. The first-order valence-corrected chi connectivity index (χ1v) is 9.47. The molecule has 2 aromatic carbocycles. The van der Waals surface area contributed by atoms with Crippen molar-refractivity contribution in [3.8, 4) is 5.75 Å². The highest BCUT2D eigenvalue weighted by Crippen LogP contribution is 2.38. The molecular weight excluding hydrogens is 382 g/mol. The third kappa shape index (κ3) is 4.37. The van der Waals surface area contributed by atoms with E-state index in [1.165, 1.54) is 16.7 Å². The lowest BCUT2D eigenvalue weighted by molar-refractivity contribution is -0.137. The fraction of sp³-hybridized carbons (Fsp3) is 0.150. The summed E-state index contributed by atoms with van der Waals surface area (Å²) in [6, 6.07) is 14.8. The smallest absolute Gasteiger partial charge is 0.306 e. The molecule has 3 rings (SSSR count). The predicted molar refractivity (Wildman–Crippen MR) is 111 cm³/mol. The maximum atomic E-state index is 12.9. The molecule has 7 heteroatoms. The van der Waals surface area contributed by atoms with E-state index in [-0.39, 0.29) is 18.9 Å². The van der Waals surface area contributed by atoms with E-state index in [1.54, 1.807) is 18.2 Å². The molecule has 5 nitrogen and oxygen atoms in total. The van der Waals surface area contributed by atoms with Gasteiger partial charge in [0.2, 0.25) is 0 Å². The molecule has 1 saturated heterocycles. The standard InChI is InChI=1S/C20H17NO4S2/c1-13-6-2-4-8-15(13)21-19(24)17(27-20(21)26)12-14-7-3-5-9-16(14)25-11-10-18(22)23/h2-9,12H,10-11H2,1H3,(H,22,23)/b17-12+. The Hall–Kier alpha value is -2.64. The summed E-state index contributed by atoms with van der Waals surface area (Å²) in [5, 5.41) is 8.75. The van der Waals surface area contributed by atoms with Gasteiger partial charge in [0.25, 0.3) is 5.91 Å². The topological polar surface area (TPSA) is 66.8 Å². The van der Waals surface area contributed by atoms with Crippen molar-refractivity contribution in [1.82, 2.24) is 0 Å². The summed E-state index contributed by atoms with van der Waals surface area (Å²) in [6.45, 7) is 1.99. The van der Waals surface area contributed by atoms with E-state index in [2.05, 4.69) is 0 Å². The second-order valence-corrected chi connectivity index (χ2v) is 7.51. The van der Waals surface area contributed by atoms with Gasteiger partial charge in [-0.25, -0.2) is 0 Å². The minimum Gasteiger partial charge on any atom is -0.492 e. The third-order valence-electron chi connectivity index (χ3n) is 3.93. The SMILES string of the molecule is Cc1ccccc1N1C(=O)/C(=C\c2ccccc2OCCC(=O)O)SC1=S. The van der Waals surface area contributed by atoms with Gasteiger partial charge in [-0.3, -0.25) is 14.5 Å². The Balaban J connectivity index is 1.86. The van der Waals surface area contributed by atoms with E-state index < -0.39 is 5.97 Å². The number of anilines is 1. The van der Waals surface area contributed by atoms with Crippen LogP contribution in [0.5, 0.6) is 5.75 Å². The number of nitrogens with zero attached hydrogens (tertiary/aromatic N) is 1. The average molecular weight is 399 g/mol. The van der Waals surface area contributed by atoms with Crippen molar-refractivity contribution in [2.75, 3.05) is 11.5 Å². The lowest BCUT2D eigenvalue weighted by Crippen LogP contribution is -2.28. The van der Waals surface area contributed by atoms with E-state index in [0.717, 1.165) is 11.3 Å². The number of carbonyl (C=O) groups is 2. The molecule has 0 radical (unpaired) electrons. The summed E-state index contributed by atoms with van der Waals surface area (Å²) in [4.78, 5) is 25.6. The second-order valence-electron chi connectivity index (χ2n) is 5.83. The molecule has 2 aromatic rings. The van der Waals surface area contributed by atoms with Gasteiger partial charge >= 0.3 is 5.97 Å². The van der Waals surface area contributed by atoms with Gasteiger partial charge in [0, 0.05) is 5.56 Å². The Kier molecular flexibility index (Phi) is 5.93. The lowest BCUT2D eigenvalue weighted by Gasteiger charge is -2.16. The zero-order chi connectivity index (χ0) is 19.4. The van der Waals surface area contributed by atoms with Gasteiger partial charge in [-0.05, 0) is 30.7 Å². The number of carbonyl (C=O) groups excluding carboxylic acids is 1. The molecule has 1 fully saturated rings. The molecule has 1 aliphatic rings. The number of thioether (sulfide) groups is 1. The molecular formula is C20H17NO4S2. The number of aliphatic carboxylic acids is 1.